The van der Waals surface area contributed by atoms with Gasteiger partial charge in [0.15, 0.2) is 11.6 Å². The zero-order valence-corrected chi connectivity index (χ0v) is 21.9. The molecule has 2 saturated heterocycles. The molecule has 10 heteroatoms. The van der Waals surface area contributed by atoms with E-state index >= 15 is 0 Å². The van der Waals surface area contributed by atoms with Gasteiger partial charge in [-0.2, -0.15) is 0 Å². The van der Waals surface area contributed by atoms with E-state index in [2.05, 4.69) is 44.4 Å². The summed E-state index contributed by atoms with van der Waals surface area (Å²) in [5.74, 6) is 1.70. The van der Waals surface area contributed by atoms with E-state index in [4.69, 9.17) is 19.4 Å². The number of ether oxygens (including phenoxy) is 2. The molecule has 0 radical (unpaired) electrons. The molecule has 1 aromatic carbocycles. The summed E-state index contributed by atoms with van der Waals surface area (Å²) in [6.07, 6.45) is 4.02. The van der Waals surface area contributed by atoms with E-state index in [0.717, 1.165) is 83.9 Å². The molecule has 2 aliphatic heterocycles. The summed E-state index contributed by atoms with van der Waals surface area (Å²) in [6.45, 7) is 5.86. The first kappa shape index (κ1) is 24.3. The second-order valence-corrected chi connectivity index (χ2v) is 10.9. The van der Waals surface area contributed by atoms with Crippen LogP contribution in [0.1, 0.15) is 17.7 Å². The number of piperidine rings is 1. The number of hydrogen-bond acceptors (Lipinski definition) is 8. The molecule has 1 unspecified atom stereocenters. The molecule has 6 rings (SSSR count). The number of carbonyl (C=O) groups is 1. The number of methoxy groups -OCH3 is 1. The lowest BCUT2D eigenvalue weighted by Gasteiger charge is -2.32. The third-order valence-corrected chi connectivity index (χ3v) is 8.18. The number of aromatic nitrogens is 3. The number of rotatable bonds is 7. The molecule has 2 N–H and O–H groups in total. The van der Waals surface area contributed by atoms with E-state index < -0.39 is 0 Å². The predicted molar refractivity (Wildman–Crippen MR) is 146 cm³/mol. The van der Waals surface area contributed by atoms with Crippen LogP contribution in [-0.4, -0.2) is 84.9 Å². The van der Waals surface area contributed by atoms with Crippen LogP contribution in [0.15, 0.2) is 36.5 Å². The molecule has 0 aliphatic carbocycles. The van der Waals surface area contributed by atoms with Crippen molar-refractivity contribution in [3.63, 3.8) is 0 Å². The van der Waals surface area contributed by atoms with Crippen LogP contribution in [0.3, 0.4) is 0 Å². The van der Waals surface area contributed by atoms with E-state index in [1.807, 2.05) is 12.3 Å². The number of hydrogen-bond donors (Lipinski definition) is 2. The fourth-order valence-corrected chi connectivity index (χ4v) is 6.53. The Bertz CT molecular complexity index is 1400. The van der Waals surface area contributed by atoms with Crippen LogP contribution in [0.25, 0.3) is 32.5 Å². The van der Waals surface area contributed by atoms with Gasteiger partial charge in [0.05, 0.1) is 23.4 Å². The molecule has 0 saturated carbocycles. The number of benzene rings is 1. The number of H-pyrrole nitrogens is 1. The second-order valence-electron chi connectivity index (χ2n) is 9.72. The van der Waals surface area contributed by atoms with Crippen molar-refractivity contribution in [2.24, 2.45) is 0 Å². The molecule has 3 aromatic heterocycles. The van der Waals surface area contributed by atoms with Gasteiger partial charge in [-0.3, -0.25) is 9.69 Å². The Hall–Kier alpha value is -3.05. The standard InChI is InChI=1S/C27H32N6O3S/c1-35-17-24(34)29-18-4-3-9-32(15-18)16-19-14-23-25(37-19)27(33-10-12-36-13-11-33)31-26(30-23)21-5-2-6-22-20(21)7-8-28-22/h2,5-8,14,18,28H,3-4,9-13,15-17H2,1H3,(H,29,34). The normalized spacial score (nSPS) is 19.1. The Morgan fingerprint density at radius 2 is 2.14 bits per heavy atom. The molecule has 0 bridgehead atoms. The van der Waals surface area contributed by atoms with Crippen LogP contribution in [0.4, 0.5) is 5.82 Å². The van der Waals surface area contributed by atoms with E-state index in [-0.39, 0.29) is 18.6 Å². The van der Waals surface area contributed by atoms with Gasteiger partial charge < -0.3 is 24.7 Å². The van der Waals surface area contributed by atoms with Gasteiger partial charge in [-0.1, -0.05) is 12.1 Å². The monoisotopic (exact) mass is 520 g/mol. The minimum Gasteiger partial charge on any atom is -0.378 e. The van der Waals surface area contributed by atoms with Gasteiger partial charge in [0, 0.05) is 66.9 Å². The molecule has 5 heterocycles. The predicted octanol–water partition coefficient (Wildman–Crippen LogP) is 3.40. The smallest absolute Gasteiger partial charge is 0.246 e. The van der Waals surface area contributed by atoms with Crippen LogP contribution in [0.2, 0.25) is 0 Å². The number of anilines is 1. The van der Waals surface area contributed by atoms with Crippen molar-refractivity contribution < 1.29 is 14.3 Å². The van der Waals surface area contributed by atoms with Gasteiger partial charge in [-0.25, -0.2) is 9.97 Å². The second kappa shape index (κ2) is 10.7. The van der Waals surface area contributed by atoms with E-state index in [1.54, 1.807) is 18.4 Å². The van der Waals surface area contributed by atoms with Crippen molar-refractivity contribution in [1.29, 1.82) is 0 Å². The van der Waals surface area contributed by atoms with Gasteiger partial charge in [0.25, 0.3) is 0 Å². The molecule has 2 aliphatic rings. The minimum atomic E-state index is -0.0494. The number of carbonyl (C=O) groups excluding carboxylic acids is 1. The molecule has 0 spiro atoms. The number of thiophene rings is 1. The summed E-state index contributed by atoms with van der Waals surface area (Å²) in [5, 5.41) is 4.23. The van der Waals surface area contributed by atoms with Crippen LogP contribution in [-0.2, 0) is 20.8 Å². The van der Waals surface area contributed by atoms with Gasteiger partial charge in [0.1, 0.15) is 6.61 Å². The zero-order valence-electron chi connectivity index (χ0n) is 21.0. The summed E-state index contributed by atoms with van der Waals surface area (Å²) in [7, 11) is 1.55. The van der Waals surface area contributed by atoms with Crippen molar-refractivity contribution >= 4 is 44.2 Å². The number of amides is 1. The maximum atomic E-state index is 12.0. The number of fused-ring (bicyclic) bond motifs is 2. The zero-order chi connectivity index (χ0) is 25.2. The Morgan fingerprint density at radius 1 is 1.24 bits per heavy atom. The van der Waals surface area contributed by atoms with Gasteiger partial charge in [-0.15, -0.1) is 11.3 Å². The lowest BCUT2D eigenvalue weighted by Crippen LogP contribution is -2.48. The van der Waals surface area contributed by atoms with Gasteiger partial charge >= 0.3 is 0 Å². The first-order valence-corrected chi connectivity index (χ1v) is 13.7. The maximum absolute atomic E-state index is 12.0. The topological polar surface area (TPSA) is 95.6 Å². The van der Waals surface area contributed by atoms with Gasteiger partial charge in [-0.05, 0) is 37.6 Å². The summed E-state index contributed by atoms with van der Waals surface area (Å²) < 4.78 is 11.7. The van der Waals surface area contributed by atoms with Crippen LogP contribution < -0.4 is 10.2 Å². The highest BCUT2D eigenvalue weighted by atomic mass is 32.1. The number of nitrogens with one attached hydrogen (secondary N) is 2. The molecule has 2 fully saturated rings. The number of morpholine rings is 1. The summed E-state index contributed by atoms with van der Waals surface area (Å²) >= 11 is 1.78. The van der Waals surface area contributed by atoms with Crippen molar-refractivity contribution in [3.8, 4) is 11.4 Å². The highest BCUT2D eigenvalue weighted by Gasteiger charge is 2.24. The van der Waals surface area contributed by atoms with Crippen molar-refractivity contribution in [2.75, 3.05) is 58.0 Å². The Kier molecular flexibility index (Phi) is 7.06. The first-order chi connectivity index (χ1) is 18.2. The summed E-state index contributed by atoms with van der Waals surface area (Å²) in [4.78, 5) is 31.5. The third-order valence-electron chi connectivity index (χ3n) is 7.08. The highest BCUT2D eigenvalue weighted by Crippen LogP contribution is 2.36. The Morgan fingerprint density at radius 3 is 3.00 bits per heavy atom. The molecule has 194 valence electrons. The average molecular weight is 521 g/mol. The van der Waals surface area contributed by atoms with Crippen molar-refractivity contribution in [1.82, 2.24) is 25.2 Å². The Balaban J connectivity index is 1.31. The highest BCUT2D eigenvalue weighted by molar-refractivity contribution is 7.19. The minimum absolute atomic E-state index is 0.0494. The lowest BCUT2D eigenvalue weighted by atomic mass is 10.1. The number of aromatic amines is 1. The molecule has 9 nitrogen and oxygen atoms in total. The van der Waals surface area contributed by atoms with Crippen LogP contribution >= 0.6 is 11.3 Å². The fourth-order valence-electron chi connectivity index (χ4n) is 5.37. The molecule has 4 aromatic rings. The summed E-state index contributed by atoms with van der Waals surface area (Å²) in [5.41, 5.74) is 3.10. The molecule has 1 amide bonds. The van der Waals surface area contributed by atoms with E-state index in [0.29, 0.717) is 13.2 Å². The summed E-state index contributed by atoms with van der Waals surface area (Å²) in [6, 6.07) is 10.7. The quantitative estimate of drug-likeness (QED) is 0.386. The van der Waals surface area contributed by atoms with Crippen molar-refractivity contribution in [3.05, 3.63) is 41.4 Å². The van der Waals surface area contributed by atoms with E-state index in [9.17, 15) is 4.79 Å². The SMILES string of the molecule is COCC(=O)NC1CCCN(Cc2cc3nc(-c4cccc5[nH]ccc45)nc(N4CCOCC4)c3s2)C1. The molecular formula is C27H32N6O3S. The van der Waals surface area contributed by atoms with Crippen LogP contribution in [0, 0.1) is 0 Å². The number of nitrogens with zero attached hydrogens (tertiary/aromatic N) is 4. The van der Waals surface area contributed by atoms with E-state index in [1.165, 1.54) is 4.88 Å². The average Bonchev–Trinajstić information content (AvgIpc) is 3.55. The van der Waals surface area contributed by atoms with Crippen molar-refractivity contribution in [2.45, 2.75) is 25.4 Å². The van der Waals surface area contributed by atoms with Crippen LogP contribution in [0.5, 0.6) is 0 Å². The lowest BCUT2D eigenvalue weighted by molar-refractivity contribution is -0.125. The molecule has 1 atom stereocenters. The largest absolute Gasteiger partial charge is 0.378 e. The molecule has 37 heavy (non-hydrogen) atoms. The number of likely N-dealkylation sites (tertiary alicyclic amines) is 1. The van der Waals surface area contributed by atoms with Gasteiger partial charge in [0.2, 0.25) is 5.91 Å². The fraction of sp³-hybridized carbons (Fsp3) is 0.444. The molecular weight excluding hydrogens is 488 g/mol. The first-order valence-electron chi connectivity index (χ1n) is 12.9. The third kappa shape index (κ3) is 5.19. The maximum Gasteiger partial charge on any atom is 0.246 e. The Labute approximate surface area is 219 Å².